The number of aromatic nitrogens is 4. The highest BCUT2D eigenvalue weighted by atomic mass is 32.2. The Bertz CT molecular complexity index is 670. The highest BCUT2D eigenvalue weighted by molar-refractivity contribution is 7.98. The number of nitrogens with zero attached hydrogens (tertiary/aromatic N) is 4. The first-order valence-electron chi connectivity index (χ1n) is 7.47. The van der Waals surface area contributed by atoms with Crippen LogP contribution in [0.15, 0.2) is 23.4 Å². The largest absolute Gasteiger partial charge is 0.345 e. The van der Waals surface area contributed by atoms with Crippen LogP contribution in [-0.2, 0) is 19.5 Å². The topological polar surface area (TPSA) is 72.7 Å². The molecule has 0 radical (unpaired) electrons. The van der Waals surface area contributed by atoms with Crippen molar-refractivity contribution < 1.29 is 4.79 Å². The molecule has 0 unspecified atom stereocenters. The lowest BCUT2D eigenvalue weighted by atomic mass is 10.2. The van der Waals surface area contributed by atoms with Gasteiger partial charge in [-0.3, -0.25) is 4.79 Å². The standard InChI is InChI=1S/C15H19N5OS/c1-22-15-11(6-5-8-16-15)14(21)17-10-13-19-18-12-7-3-2-4-9-20(12)13/h5-6,8H,2-4,7,9-10H2,1H3,(H,17,21). The number of hydrogen-bond donors (Lipinski definition) is 1. The fourth-order valence-corrected chi connectivity index (χ4v) is 3.20. The van der Waals surface area contributed by atoms with Gasteiger partial charge in [-0.25, -0.2) is 4.98 Å². The minimum atomic E-state index is -0.122. The summed E-state index contributed by atoms with van der Waals surface area (Å²) in [5.41, 5.74) is 0.602. The van der Waals surface area contributed by atoms with Gasteiger partial charge in [-0.2, -0.15) is 0 Å². The van der Waals surface area contributed by atoms with E-state index in [4.69, 9.17) is 0 Å². The summed E-state index contributed by atoms with van der Waals surface area (Å²) in [5.74, 6) is 1.75. The van der Waals surface area contributed by atoms with Crippen molar-refractivity contribution in [1.82, 2.24) is 25.1 Å². The Morgan fingerprint density at radius 3 is 3.14 bits per heavy atom. The van der Waals surface area contributed by atoms with Crippen molar-refractivity contribution in [2.24, 2.45) is 0 Å². The smallest absolute Gasteiger partial charge is 0.254 e. The molecule has 3 heterocycles. The van der Waals surface area contributed by atoms with Crippen molar-refractivity contribution >= 4 is 17.7 Å². The van der Waals surface area contributed by atoms with Crippen LogP contribution in [0.5, 0.6) is 0 Å². The lowest BCUT2D eigenvalue weighted by molar-refractivity contribution is 0.0945. The van der Waals surface area contributed by atoms with Crippen LogP contribution < -0.4 is 5.32 Å². The summed E-state index contributed by atoms with van der Waals surface area (Å²) in [4.78, 5) is 16.5. The van der Waals surface area contributed by atoms with E-state index in [9.17, 15) is 4.79 Å². The Kier molecular flexibility index (Phi) is 4.72. The highest BCUT2D eigenvalue weighted by Gasteiger charge is 2.16. The molecular weight excluding hydrogens is 298 g/mol. The minimum absolute atomic E-state index is 0.122. The molecule has 1 aliphatic heterocycles. The average molecular weight is 317 g/mol. The molecule has 0 spiro atoms. The molecule has 2 aromatic heterocycles. The number of fused-ring (bicyclic) bond motifs is 1. The third-order valence-corrected chi connectivity index (χ3v) is 4.51. The lowest BCUT2D eigenvalue weighted by Crippen LogP contribution is -2.25. The van der Waals surface area contributed by atoms with Gasteiger partial charge in [-0.05, 0) is 31.2 Å². The maximum atomic E-state index is 12.3. The summed E-state index contributed by atoms with van der Waals surface area (Å²) in [5, 5.41) is 12.1. The Morgan fingerprint density at radius 1 is 1.36 bits per heavy atom. The van der Waals surface area contributed by atoms with Crippen LogP contribution in [-0.4, -0.2) is 31.9 Å². The van der Waals surface area contributed by atoms with Crippen LogP contribution in [0.25, 0.3) is 0 Å². The number of amides is 1. The number of rotatable bonds is 4. The Hall–Kier alpha value is -1.89. The van der Waals surface area contributed by atoms with Crippen molar-refractivity contribution in [3.05, 3.63) is 35.5 Å². The number of aryl methyl sites for hydroxylation is 1. The normalized spacial score (nSPS) is 14.2. The summed E-state index contributed by atoms with van der Waals surface area (Å²) in [7, 11) is 0. The summed E-state index contributed by atoms with van der Waals surface area (Å²) in [6, 6.07) is 3.57. The molecule has 1 amide bonds. The molecule has 0 saturated heterocycles. The van der Waals surface area contributed by atoms with Gasteiger partial charge in [-0.15, -0.1) is 22.0 Å². The molecule has 2 aromatic rings. The molecule has 0 aliphatic carbocycles. The van der Waals surface area contributed by atoms with Crippen LogP contribution >= 0.6 is 11.8 Å². The quantitative estimate of drug-likeness (QED) is 0.874. The number of pyridine rings is 1. The fourth-order valence-electron chi connectivity index (χ4n) is 2.66. The van der Waals surface area contributed by atoms with E-state index < -0.39 is 0 Å². The lowest BCUT2D eigenvalue weighted by Gasteiger charge is -2.09. The van der Waals surface area contributed by atoms with Gasteiger partial charge in [0.05, 0.1) is 12.1 Å². The molecule has 116 valence electrons. The van der Waals surface area contributed by atoms with Crippen LogP contribution in [0.1, 0.15) is 41.3 Å². The van der Waals surface area contributed by atoms with E-state index in [1.165, 1.54) is 18.2 Å². The Balaban J connectivity index is 1.70. The van der Waals surface area contributed by atoms with E-state index in [0.717, 1.165) is 42.5 Å². The SMILES string of the molecule is CSc1ncccc1C(=O)NCc1nnc2n1CCCCC2. The summed E-state index contributed by atoms with van der Waals surface area (Å²) >= 11 is 1.47. The van der Waals surface area contributed by atoms with Crippen LogP contribution in [0.2, 0.25) is 0 Å². The van der Waals surface area contributed by atoms with Gasteiger partial charge in [-0.1, -0.05) is 6.42 Å². The van der Waals surface area contributed by atoms with Crippen LogP contribution in [0, 0.1) is 0 Å². The molecule has 1 aliphatic rings. The zero-order valence-corrected chi connectivity index (χ0v) is 13.4. The molecular formula is C15H19N5OS. The Labute approximate surface area is 133 Å². The number of hydrogen-bond acceptors (Lipinski definition) is 5. The van der Waals surface area contributed by atoms with Crippen LogP contribution in [0.4, 0.5) is 0 Å². The zero-order chi connectivity index (χ0) is 15.4. The van der Waals surface area contributed by atoms with Gasteiger partial charge in [0.1, 0.15) is 10.9 Å². The van der Waals surface area contributed by atoms with E-state index in [0.29, 0.717) is 12.1 Å². The van der Waals surface area contributed by atoms with E-state index in [1.807, 2.05) is 6.26 Å². The summed E-state index contributed by atoms with van der Waals surface area (Å²) in [6.45, 7) is 1.34. The van der Waals surface area contributed by atoms with Gasteiger partial charge in [0, 0.05) is 19.2 Å². The van der Waals surface area contributed by atoms with E-state index in [-0.39, 0.29) is 5.91 Å². The average Bonchev–Trinajstić information content (AvgIpc) is 2.79. The number of carbonyl (C=O) groups is 1. The monoisotopic (exact) mass is 317 g/mol. The first kappa shape index (κ1) is 15.0. The number of nitrogens with one attached hydrogen (secondary N) is 1. The number of thioether (sulfide) groups is 1. The van der Waals surface area contributed by atoms with Gasteiger partial charge in [0.25, 0.3) is 5.91 Å². The number of carbonyl (C=O) groups excluding carboxylic acids is 1. The van der Waals surface area contributed by atoms with Crippen LogP contribution in [0.3, 0.4) is 0 Å². The molecule has 0 bridgehead atoms. The zero-order valence-electron chi connectivity index (χ0n) is 12.6. The molecule has 0 aromatic carbocycles. The minimum Gasteiger partial charge on any atom is -0.345 e. The molecule has 22 heavy (non-hydrogen) atoms. The van der Waals surface area contributed by atoms with Gasteiger partial charge in [0.15, 0.2) is 5.82 Å². The molecule has 3 rings (SSSR count). The first-order chi connectivity index (χ1) is 10.8. The predicted octanol–water partition coefficient (Wildman–Crippen LogP) is 2.05. The second-order valence-electron chi connectivity index (χ2n) is 5.24. The van der Waals surface area contributed by atoms with E-state index in [2.05, 4.69) is 25.1 Å². The molecule has 0 atom stereocenters. The summed E-state index contributed by atoms with van der Waals surface area (Å²) in [6.07, 6.45) is 8.11. The molecule has 0 saturated carbocycles. The highest BCUT2D eigenvalue weighted by Crippen LogP contribution is 2.17. The Morgan fingerprint density at radius 2 is 2.27 bits per heavy atom. The fraction of sp³-hybridized carbons (Fsp3) is 0.467. The van der Waals surface area contributed by atoms with Crippen molar-refractivity contribution in [3.63, 3.8) is 0 Å². The van der Waals surface area contributed by atoms with Crippen molar-refractivity contribution in [3.8, 4) is 0 Å². The molecule has 6 nitrogen and oxygen atoms in total. The predicted molar refractivity (Wildman–Crippen MR) is 84.8 cm³/mol. The second kappa shape index (κ2) is 6.91. The molecule has 7 heteroatoms. The third-order valence-electron chi connectivity index (χ3n) is 3.80. The van der Waals surface area contributed by atoms with Gasteiger partial charge >= 0.3 is 0 Å². The molecule has 1 N–H and O–H groups in total. The first-order valence-corrected chi connectivity index (χ1v) is 8.70. The van der Waals surface area contributed by atoms with Crippen molar-refractivity contribution in [2.45, 2.75) is 43.8 Å². The van der Waals surface area contributed by atoms with E-state index >= 15 is 0 Å². The maximum absolute atomic E-state index is 12.3. The van der Waals surface area contributed by atoms with Gasteiger partial charge < -0.3 is 9.88 Å². The molecule has 0 fully saturated rings. The van der Waals surface area contributed by atoms with Crippen molar-refractivity contribution in [1.29, 1.82) is 0 Å². The summed E-state index contributed by atoms with van der Waals surface area (Å²) < 4.78 is 2.14. The van der Waals surface area contributed by atoms with E-state index in [1.54, 1.807) is 18.3 Å². The second-order valence-corrected chi connectivity index (χ2v) is 6.03. The maximum Gasteiger partial charge on any atom is 0.254 e. The van der Waals surface area contributed by atoms with Gasteiger partial charge in [0.2, 0.25) is 0 Å². The van der Waals surface area contributed by atoms with Crippen molar-refractivity contribution in [2.75, 3.05) is 6.26 Å². The third kappa shape index (κ3) is 3.14.